The minimum Gasteiger partial charge on any atom is -0.348 e. The molecular weight excluding hydrogens is 352 g/mol. The number of amides is 2. The highest BCUT2D eigenvalue weighted by molar-refractivity contribution is 6.04. The third kappa shape index (κ3) is 3.55. The molecule has 2 aromatic rings. The summed E-state index contributed by atoms with van der Waals surface area (Å²) in [6.45, 7) is 4.68. The molecule has 0 bridgehead atoms. The van der Waals surface area contributed by atoms with Crippen molar-refractivity contribution < 1.29 is 9.59 Å². The van der Waals surface area contributed by atoms with Crippen LogP contribution in [0.15, 0.2) is 18.2 Å². The third-order valence-electron chi connectivity index (χ3n) is 5.95. The van der Waals surface area contributed by atoms with Crippen LogP contribution in [0.25, 0.3) is 0 Å². The van der Waals surface area contributed by atoms with Crippen molar-refractivity contribution in [1.82, 2.24) is 14.9 Å². The molecule has 0 atom stereocenters. The lowest BCUT2D eigenvalue weighted by atomic mass is 10.1. The maximum atomic E-state index is 13.0. The van der Waals surface area contributed by atoms with E-state index in [-0.39, 0.29) is 17.9 Å². The maximum Gasteiger partial charge on any atom is 0.291 e. The van der Waals surface area contributed by atoms with Gasteiger partial charge in [0, 0.05) is 18.3 Å². The molecule has 1 aliphatic carbocycles. The molecule has 1 fully saturated rings. The van der Waals surface area contributed by atoms with Crippen LogP contribution in [0, 0.1) is 13.8 Å². The standard InChI is InChI=1S/C22H28N4O2/c1-14-8-7-9-15(2)18(14)25-22(28)20-24-19(17-12-5-6-13-26(17)20)21(27)23-16-10-3-4-11-16/h7-9,16H,3-6,10-13H2,1-2H3,(H,23,27)(H,25,28). The molecule has 0 saturated heterocycles. The molecule has 1 aliphatic heterocycles. The maximum absolute atomic E-state index is 13.0. The highest BCUT2D eigenvalue weighted by Gasteiger charge is 2.29. The third-order valence-corrected chi connectivity index (χ3v) is 5.95. The monoisotopic (exact) mass is 380 g/mol. The SMILES string of the molecule is Cc1cccc(C)c1NC(=O)c1nc(C(=O)NC2CCCC2)c2n1CCCC2. The van der Waals surface area contributed by atoms with Crippen molar-refractivity contribution in [3.8, 4) is 0 Å². The smallest absolute Gasteiger partial charge is 0.291 e. The van der Waals surface area contributed by atoms with Crippen LogP contribution in [0.5, 0.6) is 0 Å². The van der Waals surface area contributed by atoms with Gasteiger partial charge in [-0.25, -0.2) is 4.98 Å². The van der Waals surface area contributed by atoms with Gasteiger partial charge in [-0.2, -0.15) is 0 Å². The number of rotatable bonds is 4. The molecule has 2 aliphatic rings. The number of fused-ring (bicyclic) bond motifs is 1. The summed E-state index contributed by atoms with van der Waals surface area (Å²) in [5.74, 6) is -0.0435. The van der Waals surface area contributed by atoms with E-state index >= 15 is 0 Å². The topological polar surface area (TPSA) is 76.0 Å². The highest BCUT2D eigenvalue weighted by atomic mass is 16.2. The van der Waals surface area contributed by atoms with Crippen molar-refractivity contribution in [3.05, 3.63) is 46.5 Å². The highest BCUT2D eigenvalue weighted by Crippen LogP contribution is 2.25. The van der Waals surface area contributed by atoms with Crippen molar-refractivity contribution in [2.24, 2.45) is 0 Å². The molecule has 0 unspecified atom stereocenters. The number of aromatic nitrogens is 2. The van der Waals surface area contributed by atoms with E-state index in [0.29, 0.717) is 11.5 Å². The second-order valence-corrected chi connectivity index (χ2v) is 8.02. The van der Waals surface area contributed by atoms with E-state index in [1.54, 1.807) is 0 Å². The number of aryl methyl sites for hydroxylation is 2. The number of carbonyl (C=O) groups is 2. The van der Waals surface area contributed by atoms with Gasteiger partial charge in [-0.3, -0.25) is 9.59 Å². The number of anilines is 1. The van der Waals surface area contributed by atoms with E-state index in [4.69, 9.17) is 0 Å². The predicted octanol–water partition coefficient (Wildman–Crippen LogP) is 3.76. The molecule has 2 N–H and O–H groups in total. The van der Waals surface area contributed by atoms with Crippen LogP contribution in [-0.4, -0.2) is 27.4 Å². The first-order valence-electron chi connectivity index (χ1n) is 10.3. The molecule has 1 aromatic heterocycles. The van der Waals surface area contributed by atoms with Crippen molar-refractivity contribution in [3.63, 3.8) is 0 Å². The summed E-state index contributed by atoms with van der Waals surface area (Å²) in [4.78, 5) is 30.4. The quantitative estimate of drug-likeness (QED) is 0.848. The van der Waals surface area contributed by atoms with Gasteiger partial charge >= 0.3 is 0 Å². The number of nitrogens with one attached hydrogen (secondary N) is 2. The summed E-state index contributed by atoms with van der Waals surface area (Å²) in [7, 11) is 0. The van der Waals surface area contributed by atoms with E-state index in [2.05, 4.69) is 15.6 Å². The number of hydrogen-bond donors (Lipinski definition) is 2. The van der Waals surface area contributed by atoms with Gasteiger partial charge in [-0.05, 0) is 57.1 Å². The summed E-state index contributed by atoms with van der Waals surface area (Å²) < 4.78 is 1.94. The Kier molecular flexibility index (Phi) is 5.20. The Hall–Kier alpha value is -2.63. The Labute approximate surface area is 165 Å². The van der Waals surface area contributed by atoms with Crippen molar-refractivity contribution in [2.75, 3.05) is 5.32 Å². The predicted molar refractivity (Wildman–Crippen MR) is 109 cm³/mol. The van der Waals surface area contributed by atoms with Crippen LogP contribution < -0.4 is 10.6 Å². The lowest BCUT2D eigenvalue weighted by Crippen LogP contribution is -2.33. The number of carbonyl (C=O) groups excluding carboxylic acids is 2. The molecule has 28 heavy (non-hydrogen) atoms. The molecule has 4 rings (SSSR count). The molecule has 2 amide bonds. The molecule has 2 heterocycles. The van der Waals surface area contributed by atoms with E-state index in [1.807, 2.05) is 36.6 Å². The van der Waals surface area contributed by atoms with Gasteiger partial charge in [0.15, 0.2) is 5.82 Å². The minimum absolute atomic E-state index is 0.135. The van der Waals surface area contributed by atoms with Crippen LogP contribution in [-0.2, 0) is 13.0 Å². The molecule has 0 radical (unpaired) electrons. The molecule has 1 saturated carbocycles. The molecule has 148 valence electrons. The lowest BCUT2D eigenvalue weighted by molar-refractivity contribution is 0.0931. The first-order valence-corrected chi connectivity index (χ1v) is 10.3. The van der Waals surface area contributed by atoms with E-state index in [9.17, 15) is 9.59 Å². The summed E-state index contributed by atoms with van der Waals surface area (Å²) in [5.41, 5.74) is 4.17. The van der Waals surface area contributed by atoms with Gasteiger partial charge in [0.05, 0.1) is 5.69 Å². The average molecular weight is 380 g/mol. The zero-order chi connectivity index (χ0) is 19.7. The fourth-order valence-corrected chi connectivity index (χ4v) is 4.40. The van der Waals surface area contributed by atoms with Crippen LogP contribution in [0.1, 0.15) is 76.5 Å². The van der Waals surface area contributed by atoms with E-state index in [1.165, 1.54) is 0 Å². The largest absolute Gasteiger partial charge is 0.348 e. The number of benzene rings is 1. The lowest BCUT2D eigenvalue weighted by Gasteiger charge is -2.18. The zero-order valence-electron chi connectivity index (χ0n) is 16.7. The molecule has 0 spiro atoms. The first-order chi connectivity index (χ1) is 13.5. The fourth-order valence-electron chi connectivity index (χ4n) is 4.40. The van der Waals surface area contributed by atoms with Crippen LogP contribution in [0.2, 0.25) is 0 Å². The zero-order valence-corrected chi connectivity index (χ0v) is 16.7. The molecule has 1 aromatic carbocycles. The van der Waals surface area contributed by atoms with Gasteiger partial charge in [-0.15, -0.1) is 0 Å². The van der Waals surface area contributed by atoms with Crippen molar-refractivity contribution in [2.45, 2.75) is 71.4 Å². The normalized spacial score (nSPS) is 16.6. The second kappa shape index (κ2) is 7.78. The van der Waals surface area contributed by atoms with E-state index in [0.717, 1.165) is 74.0 Å². The van der Waals surface area contributed by atoms with Crippen LogP contribution in [0.3, 0.4) is 0 Å². The number of hydrogen-bond acceptors (Lipinski definition) is 3. The van der Waals surface area contributed by atoms with Gasteiger partial charge in [-0.1, -0.05) is 31.0 Å². The van der Waals surface area contributed by atoms with E-state index < -0.39 is 0 Å². The number of para-hydroxylation sites is 1. The Morgan fingerprint density at radius 3 is 2.46 bits per heavy atom. The summed E-state index contributed by atoms with van der Waals surface area (Å²) >= 11 is 0. The Balaban J connectivity index is 1.62. The Morgan fingerprint density at radius 2 is 1.75 bits per heavy atom. The summed E-state index contributed by atoms with van der Waals surface area (Å²) in [5, 5.41) is 6.14. The second-order valence-electron chi connectivity index (χ2n) is 8.02. The fraction of sp³-hybridized carbons (Fsp3) is 0.500. The van der Waals surface area contributed by atoms with Crippen LogP contribution in [0.4, 0.5) is 5.69 Å². The Bertz CT molecular complexity index is 889. The van der Waals surface area contributed by atoms with Gasteiger partial charge in [0.2, 0.25) is 0 Å². The van der Waals surface area contributed by atoms with Crippen molar-refractivity contribution in [1.29, 1.82) is 0 Å². The minimum atomic E-state index is -0.250. The molecular formula is C22H28N4O2. The van der Waals surface area contributed by atoms with Gasteiger partial charge in [0.25, 0.3) is 11.8 Å². The Morgan fingerprint density at radius 1 is 1.04 bits per heavy atom. The summed E-state index contributed by atoms with van der Waals surface area (Å²) in [6.07, 6.45) is 7.19. The molecule has 6 heteroatoms. The average Bonchev–Trinajstić information content (AvgIpc) is 3.32. The number of nitrogens with zero attached hydrogens (tertiary/aromatic N) is 2. The van der Waals surface area contributed by atoms with Crippen LogP contribution >= 0.6 is 0 Å². The first kappa shape index (κ1) is 18.7. The van der Waals surface area contributed by atoms with Crippen molar-refractivity contribution >= 4 is 17.5 Å². The van der Waals surface area contributed by atoms with Gasteiger partial charge in [0.1, 0.15) is 5.69 Å². The van der Waals surface area contributed by atoms with Gasteiger partial charge < -0.3 is 15.2 Å². The molecule has 6 nitrogen and oxygen atoms in total. The number of imidazole rings is 1. The summed E-state index contributed by atoms with van der Waals surface area (Å²) in [6, 6.07) is 6.16.